The minimum Gasteiger partial charge on any atom is -0.504 e. The van der Waals surface area contributed by atoms with E-state index in [0.717, 1.165) is 5.57 Å². The number of fused-ring (bicyclic) bond motifs is 1. The highest BCUT2D eigenvalue weighted by molar-refractivity contribution is 5.95. The summed E-state index contributed by atoms with van der Waals surface area (Å²) in [5, 5.41) is 17.5. The molecule has 2 amide bonds. The molecule has 14 nitrogen and oxygen atoms in total. The van der Waals surface area contributed by atoms with Crippen molar-refractivity contribution in [2.45, 2.75) is 58.7 Å². The number of aryl methyl sites for hydroxylation is 1. The molecule has 260 valence electrons. The van der Waals surface area contributed by atoms with Crippen LogP contribution in [-0.2, 0) is 22.5 Å². The summed E-state index contributed by atoms with van der Waals surface area (Å²) in [6.07, 6.45) is -1.15. The number of aromatic nitrogens is 6. The molecule has 17 heteroatoms. The lowest BCUT2D eigenvalue weighted by Crippen LogP contribution is -2.51. The number of hydrogen-bond acceptors (Lipinski definition) is 10. The lowest BCUT2D eigenvalue weighted by atomic mass is 10.1. The molecular weight excluding hydrogens is 635 g/mol. The Morgan fingerprint density at radius 3 is 2.50 bits per heavy atom. The fourth-order valence-electron chi connectivity index (χ4n) is 5.58. The summed E-state index contributed by atoms with van der Waals surface area (Å²) in [6, 6.07) is 0. The number of hydrogen-bond donors (Lipinski definition) is 2. The zero-order chi connectivity index (χ0) is 35.0. The van der Waals surface area contributed by atoms with Crippen molar-refractivity contribution in [3.8, 4) is 5.75 Å². The van der Waals surface area contributed by atoms with Crippen molar-refractivity contribution in [3.63, 3.8) is 0 Å². The van der Waals surface area contributed by atoms with E-state index in [1.165, 1.54) is 15.7 Å². The molecule has 0 spiro atoms. The van der Waals surface area contributed by atoms with Gasteiger partial charge in [-0.15, -0.1) is 18.3 Å². The van der Waals surface area contributed by atoms with E-state index in [1.54, 1.807) is 11.5 Å². The predicted molar refractivity (Wildman–Crippen MR) is 171 cm³/mol. The van der Waals surface area contributed by atoms with Crippen LogP contribution < -0.4 is 15.8 Å². The van der Waals surface area contributed by atoms with Gasteiger partial charge in [-0.25, -0.2) is 9.97 Å². The molecule has 0 aromatic carbocycles. The number of unbranched alkanes of at least 4 members (excludes halogenated alkanes) is 1. The number of nitrogens with zero attached hydrogens (tertiary/aromatic N) is 8. The number of carbonyl (C=O) groups is 2. The molecule has 2 N–H and O–H groups in total. The molecule has 0 radical (unpaired) electrons. The van der Waals surface area contributed by atoms with Gasteiger partial charge < -0.3 is 29.5 Å². The Hall–Kier alpha value is -4.80. The molecule has 0 atom stereocenters. The van der Waals surface area contributed by atoms with Crippen LogP contribution in [0.15, 0.2) is 30.4 Å². The Morgan fingerprint density at radius 2 is 1.85 bits per heavy atom. The van der Waals surface area contributed by atoms with Crippen molar-refractivity contribution in [2.24, 2.45) is 0 Å². The Bertz CT molecular complexity index is 1710. The second kappa shape index (κ2) is 15.9. The van der Waals surface area contributed by atoms with E-state index < -0.39 is 30.0 Å². The van der Waals surface area contributed by atoms with Crippen LogP contribution in [0.3, 0.4) is 0 Å². The molecule has 5 rings (SSSR count). The molecule has 5 heterocycles. The normalized spacial score (nSPS) is 15.1. The molecule has 3 aromatic heterocycles. The van der Waals surface area contributed by atoms with Gasteiger partial charge in [0.05, 0.1) is 24.6 Å². The number of anilines is 1. The zero-order valence-electron chi connectivity index (χ0n) is 27.1. The maximum absolute atomic E-state index is 14.0. The fraction of sp³-hybridized carbons (Fsp3) is 0.516. The Labute approximate surface area is 274 Å². The fourth-order valence-corrected chi connectivity index (χ4v) is 5.58. The second-order valence-electron chi connectivity index (χ2n) is 11.1. The molecule has 0 saturated carbocycles. The molecule has 48 heavy (non-hydrogen) atoms. The van der Waals surface area contributed by atoms with Gasteiger partial charge in [-0.2, -0.15) is 22.7 Å². The van der Waals surface area contributed by atoms with Crippen molar-refractivity contribution in [3.05, 3.63) is 58.8 Å². The number of aromatic hydroxyl groups is 1. The summed E-state index contributed by atoms with van der Waals surface area (Å²) in [5.41, 5.74) is 1.43. The molecule has 0 bridgehead atoms. The van der Waals surface area contributed by atoms with Crippen LogP contribution in [0.4, 0.5) is 18.9 Å². The molecular formula is C31H40F3N9O5. The van der Waals surface area contributed by atoms with Crippen LogP contribution in [-0.4, -0.2) is 103 Å². The lowest BCUT2D eigenvalue weighted by molar-refractivity contribution is -0.135. The first-order valence-corrected chi connectivity index (χ1v) is 15.7. The lowest BCUT2D eigenvalue weighted by Gasteiger charge is -2.36. The van der Waals surface area contributed by atoms with Gasteiger partial charge in [0.25, 0.3) is 11.5 Å². The quantitative estimate of drug-likeness (QED) is 0.242. The summed E-state index contributed by atoms with van der Waals surface area (Å²) in [7, 11) is 0. The van der Waals surface area contributed by atoms with E-state index in [9.17, 15) is 32.7 Å². The number of rotatable bonds is 10. The van der Waals surface area contributed by atoms with E-state index in [2.05, 4.69) is 38.5 Å². The number of halogens is 3. The maximum Gasteiger partial charge on any atom is 0.389 e. The standard InChI is InChI=1S/C29H36F3N9O5.C2H4/c1-3-20-23(38-10-12-39(13-11-38)26(44)22-24(43)18(2)34-17-35-22)27(45)41-28(36-25(37-41)19-6-14-46-15-7-19)40(20)16-21(42)33-9-5-4-8-29(30,31)32;1-2/h6,17,43H,3-5,7-16H2,1-2H3,(H,33,42);1-2H2. The van der Waals surface area contributed by atoms with Crippen molar-refractivity contribution in [1.29, 1.82) is 0 Å². The van der Waals surface area contributed by atoms with Crippen LogP contribution in [0, 0.1) is 6.92 Å². The Balaban J connectivity index is 0.00000255. The number of alkyl halides is 3. The third kappa shape index (κ3) is 8.18. The third-order valence-corrected chi connectivity index (χ3v) is 8.01. The summed E-state index contributed by atoms with van der Waals surface area (Å²) < 4.78 is 45.7. The first-order valence-electron chi connectivity index (χ1n) is 15.7. The van der Waals surface area contributed by atoms with Crippen molar-refractivity contribution in [1.82, 2.24) is 39.3 Å². The number of piperazine rings is 1. The van der Waals surface area contributed by atoms with Crippen LogP contribution in [0.5, 0.6) is 5.75 Å². The molecule has 1 fully saturated rings. The van der Waals surface area contributed by atoms with Gasteiger partial charge in [-0.05, 0) is 38.2 Å². The minimum atomic E-state index is -4.25. The predicted octanol–water partition coefficient (Wildman–Crippen LogP) is 2.67. The van der Waals surface area contributed by atoms with E-state index in [0.29, 0.717) is 43.3 Å². The maximum atomic E-state index is 14.0. The van der Waals surface area contributed by atoms with Gasteiger partial charge in [0.2, 0.25) is 11.7 Å². The van der Waals surface area contributed by atoms with Crippen LogP contribution in [0.1, 0.15) is 60.3 Å². The SMILES string of the molecule is C=C.CCc1c(N2CCN(C(=O)c3ncnc(C)c3O)CC2)c(=O)n2nc(C3=CCOCC3)nc2n1CC(=O)NCCCCC(F)(F)F. The van der Waals surface area contributed by atoms with E-state index in [-0.39, 0.29) is 75.0 Å². The zero-order valence-corrected chi connectivity index (χ0v) is 27.1. The molecule has 0 unspecified atom stereocenters. The second-order valence-corrected chi connectivity index (χ2v) is 11.1. The van der Waals surface area contributed by atoms with Crippen molar-refractivity contribution < 1.29 is 32.6 Å². The average molecular weight is 676 g/mol. The molecule has 0 aliphatic carbocycles. The number of nitrogens with one attached hydrogen (secondary N) is 1. The first kappa shape index (κ1) is 36.0. The first-order chi connectivity index (χ1) is 23.0. The van der Waals surface area contributed by atoms with Gasteiger partial charge in [0, 0.05) is 39.1 Å². The highest BCUT2D eigenvalue weighted by Gasteiger charge is 2.31. The van der Waals surface area contributed by atoms with Crippen molar-refractivity contribution in [2.75, 3.05) is 50.8 Å². The summed E-state index contributed by atoms with van der Waals surface area (Å²) in [6.45, 7) is 11.1. The Morgan fingerprint density at radius 1 is 1.12 bits per heavy atom. The number of ether oxygens (including phenoxy) is 1. The number of amides is 2. The van der Waals surface area contributed by atoms with Crippen LogP contribution >= 0.6 is 0 Å². The number of carbonyl (C=O) groups excluding carboxylic acids is 2. The molecule has 2 aliphatic heterocycles. The highest BCUT2D eigenvalue weighted by Crippen LogP contribution is 2.25. The van der Waals surface area contributed by atoms with Crippen molar-refractivity contribution >= 4 is 28.9 Å². The van der Waals surface area contributed by atoms with E-state index in [1.807, 2.05) is 17.9 Å². The van der Waals surface area contributed by atoms with E-state index in [4.69, 9.17) is 4.74 Å². The smallest absolute Gasteiger partial charge is 0.389 e. The van der Waals surface area contributed by atoms with E-state index >= 15 is 0 Å². The highest BCUT2D eigenvalue weighted by atomic mass is 19.4. The van der Waals surface area contributed by atoms with Crippen LogP contribution in [0.25, 0.3) is 11.4 Å². The average Bonchev–Trinajstić information content (AvgIpc) is 3.54. The summed E-state index contributed by atoms with van der Waals surface area (Å²) in [5.74, 6) is -0.663. The van der Waals surface area contributed by atoms with Gasteiger partial charge >= 0.3 is 6.18 Å². The minimum absolute atomic E-state index is 0.0714. The monoisotopic (exact) mass is 675 g/mol. The third-order valence-electron chi connectivity index (χ3n) is 8.01. The molecule has 3 aromatic rings. The largest absolute Gasteiger partial charge is 0.504 e. The van der Waals surface area contributed by atoms with Gasteiger partial charge in [0.15, 0.2) is 17.3 Å². The topological polar surface area (TPSA) is 160 Å². The van der Waals surface area contributed by atoms with Gasteiger partial charge in [0.1, 0.15) is 18.6 Å². The van der Waals surface area contributed by atoms with Gasteiger partial charge in [-0.1, -0.05) is 13.0 Å². The molecule has 2 aliphatic rings. The van der Waals surface area contributed by atoms with Gasteiger partial charge in [-0.3, -0.25) is 14.4 Å². The summed E-state index contributed by atoms with van der Waals surface area (Å²) >= 11 is 0. The Kier molecular flexibility index (Phi) is 11.9. The van der Waals surface area contributed by atoms with Crippen LogP contribution in [0.2, 0.25) is 0 Å². The molecule has 1 saturated heterocycles. The summed E-state index contributed by atoms with van der Waals surface area (Å²) in [4.78, 5) is 56.1.